The fourth-order valence-corrected chi connectivity index (χ4v) is 3.07. The number of nitrogens with one attached hydrogen (secondary N) is 2. The summed E-state index contributed by atoms with van der Waals surface area (Å²) in [4.78, 5) is 7.18. The van der Waals surface area contributed by atoms with Crippen molar-refractivity contribution in [1.82, 2.24) is 14.7 Å². The van der Waals surface area contributed by atoms with Crippen molar-refractivity contribution in [1.29, 1.82) is 0 Å². The number of benzene rings is 1. The molecule has 20 heavy (non-hydrogen) atoms. The van der Waals surface area contributed by atoms with Crippen LogP contribution in [0.2, 0.25) is 0 Å². The Morgan fingerprint density at radius 3 is 2.85 bits per heavy atom. The Morgan fingerprint density at radius 2 is 2.20 bits per heavy atom. The minimum atomic E-state index is -3.55. The predicted molar refractivity (Wildman–Crippen MR) is 77.7 cm³/mol. The number of aromatic nitrogens is 2. The van der Waals surface area contributed by atoms with Crippen molar-refractivity contribution in [3.63, 3.8) is 0 Å². The second-order valence-corrected chi connectivity index (χ2v) is 6.31. The predicted octanol–water partition coefficient (Wildman–Crippen LogP) is 1.21. The number of rotatable bonds is 6. The Morgan fingerprint density at radius 1 is 1.40 bits per heavy atom. The molecule has 0 spiro atoms. The fraction of sp³-hybridized carbons (Fsp3) is 0.308. The molecule has 0 atom stereocenters. The van der Waals surface area contributed by atoms with Crippen LogP contribution in [0.1, 0.15) is 17.8 Å². The van der Waals surface area contributed by atoms with Crippen LogP contribution in [-0.4, -0.2) is 24.9 Å². The van der Waals surface area contributed by atoms with Gasteiger partial charge in [0.05, 0.1) is 5.69 Å². The van der Waals surface area contributed by atoms with Gasteiger partial charge in [-0.05, 0) is 31.0 Å². The van der Waals surface area contributed by atoms with Crippen molar-refractivity contribution < 1.29 is 8.42 Å². The number of imidazole rings is 1. The lowest BCUT2D eigenvalue weighted by Gasteiger charge is -2.09. The van der Waals surface area contributed by atoms with Crippen molar-refractivity contribution in [3.8, 4) is 0 Å². The first-order valence-corrected chi connectivity index (χ1v) is 7.81. The fourth-order valence-electron chi connectivity index (χ4n) is 1.89. The van der Waals surface area contributed by atoms with Gasteiger partial charge in [0.15, 0.2) is 0 Å². The number of anilines is 1. The summed E-state index contributed by atoms with van der Waals surface area (Å²) in [6.07, 6.45) is 4.77. The van der Waals surface area contributed by atoms with Crippen molar-refractivity contribution in [3.05, 3.63) is 42.0 Å². The van der Waals surface area contributed by atoms with Gasteiger partial charge in [0.25, 0.3) is 0 Å². The Balaban J connectivity index is 1.93. The average Bonchev–Trinajstić information content (AvgIpc) is 2.87. The number of nitrogen functional groups attached to an aromatic ring is 1. The van der Waals surface area contributed by atoms with Crippen LogP contribution in [0.4, 0.5) is 5.69 Å². The summed E-state index contributed by atoms with van der Waals surface area (Å²) in [5.74, 6) is 0.846. The molecule has 108 valence electrons. The highest BCUT2D eigenvalue weighted by atomic mass is 32.2. The zero-order valence-corrected chi connectivity index (χ0v) is 12.1. The number of hydrogen-bond donors (Lipinski definition) is 3. The monoisotopic (exact) mass is 294 g/mol. The highest BCUT2D eigenvalue weighted by Gasteiger charge is 2.16. The van der Waals surface area contributed by atoms with E-state index >= 15 is 0 Å². The van der Waals surface area contributed by atoms with Crippen LogP contribution in [0.25, 0.3) is 0 Å². The molecule has 2 aromatic rings. The SMILES string of the molecule is Cc1ccc(S(=O)(=O)NCCCc2ncc[nH]2)c(N)c1. The first kappa shape index (κ1) is 14.5. The van der Waals surface area contributed by atoms with Gasteiger partial charge in [0.2, 0.25) is 10.0 Å². The number of nitrogens with two attached hydrogens (primary N) is 1. The van der Waals surface area contributed by atoms with E-state index < -0.39 is 10.0 Å². The zero-order chi connectivity index (χ0) is 14.6. The second kappa shape index (κ2) is 6.06. The highest BCUT2D eigenvalue weighted by molar-refractivity contribution is 7.89. The first-order chi connectivity index (χ1) is 9.49. The minimum absolute atomic E-state index is 0.126. The molecule has 2 rings (SSSR count). The summed E-state index contributed by atoms with van der Waals surface area (Å²) in [6, 6.07) is 4.91. The molecular formula is C13H18N4O2S. The maximum Gasteiger partial charge on any atom is 0.242 e. The van der Waals surface area contributed by atoms with Gasteiger partial charge in [-0.15, -0.1) is 0 Å². The van der Waals surface area contributed by atoms with E-state index in [-0.39, 0.29) is 10.6 Å². The van der Waals surface area contributed by atoms with Crippen LogP contribution in [0.3, 0.4) is 0 Å². The third-order valence-corrected chi connectivity index (χ3v) is 4.43. The summed E-state index contributed by atoms with van der Waals surface area (Å²) in [5, 5.41) is 0. The van der Waals surface area contributed by atoms with Crippen molar-refractivity contribution in [2.45, 2.75) is 24.7 Å². The molecule has 1 aromatic heterocycles. The molecule has 0 saturated heterocycles. The first-order valence-electron chi connectivity index (χ1n) is 6.33. The van der Waals surface area contributed by atoms with E-state index in [1.807, 2.05) is 6.92 Å². The molecule has 0 fully saturated rings. The van der Waals surface area contributed by atoms with E-state index in [1.165, 1.54) is 6.07 Å². The molecule has 0 saturated carbocycles. The smallest absolute Gasteiger partial charge is 0.242 e. The summed E-state index contributed by atoms with van der Waals surface area (Å²) >= 11 is 0. The summed E-state index contributed by atoms with van der Waals surface area (Å²) in [6.45, 7) is 2.21. The Hall–Kier alpha value is -1.86. The van der Waals surface area contributed by atoms with Crippen LogP contribution >= 0.6 is 0 Å². The summed E-state index contributed by atoms with van der Waals surface area (Å²) in [5.41, 5.74) is 6.95. The molecule has 0 aliphatic carbocycles. The van der Waals surface area contributed by atoms with Gasteiger partial charge < -0.3 is 10.7 Å². The maximum absolute atomic E-state index is 12.1. The summed E-state index contributed by atoms with van der Waals surface area (Å²) < 4.78 is 26.8. The lowest BCUT2D eigenvalue weighted by molar-refractivity contribution is 0.578. The molecule has 4 N–H and O–H groups in total. The van der Waals surface area contributed by atoms with E-state index in [0.29, 0.717) is 19.4 Å². The topological polar surface area (TPSA) is 101 Å². The lowest BCUT2D eigenvalue weighted by atomic mass is 10.2. The van der Waals surface area contributed by atoms with Crippen LogP contribution < -0.4 is 10.5 Å². The minimum Gasteiger partial charge on any atom is -0.398 e. The molecule has 0 aliphatic heterocycles. The molecular weight excluding hydrogens is 276 g/mol. The molecule has 0 aliphatic rings. The number of nitrogens with zero attached hydrogens (tertiary/aromatic N) is 1. The zero-order valence-electron chi connectivity index (χ0n) is 11.3. The van der Waals surface area contributed by atoms with E-state index in [4.69, 9.17) is 5.73 Å². The van der Waals surface area contributed by atoms with E-state index in [1.54, 1.807) is 24.5 Å². The number of aromatic amines is 1. The van der Waals surface area contributed by atoms with Gasteiger partial charge in [-0.25, -0.2) is 18.1 Å². The Bertz CT molecular complexity index is 666. The standard InChI is InChI=1S/C13H18N4O2S/c1-10-4-5-12(11(14)9-10)20(18,19)17-6-2-3-13-15-7-8-16-13/h4-5,7-9,17H,2-3,6,14H2,1H3,(H,15,16). The van der Waals surface area contributed by atoms with Crippen molar-refractivity contribution >= 4 is 15.7 Å². The normalized spacial score (nSPS) is 11.7. The van der Waals surface area contributed by atoms with E-state index in [0.717, 1.165) is 11.4 Å². The van der Waals surface area contributed by atoms with Gasteiger partial charge in [0, 0.05) is 25.4 Å². The molecule has 0 unspecified atom stereocenters. The molecule has 0 bridgehead atoms. The number of sulfonamides is 1. The average molecular weight is 294 g/mol. The van der Waals surface area contributed by atoms with Gasteiger partial charge in [0.1, 0.15) is 10.7 Å². The highest BCUT2D eigenvalue weighted by Crippen LogP contribution is 2.19. The van der Waals surface area contributed by atoms with Crippen LogP contribution in [0, 0.1) is 6.92 Å². The third kappa shape index (κ3) is 3.58. The molecule has 0 radical (unpaired) electrons. The largest absolute Gasteiger partial charge is 0.398 e. The third-order valence-electron chi connectivity index (χ3n) is 2.89. The van der Waals surface area contributed by atoms with Gasteiger partial charge in [-0.2, -0.15) is 0 Å². The van der Waals surface area contributed by atoms with Crippen molar-refractivity contribution in [2.24, 2.45) is 0 Å². The van der Waals surface area contributed by atoms with E-state index in [2.05, 4.69) is 14.7 Å². The molecule has 7 heteroatoms. The van der Waals surface area contributed by atoms with Crippen molar-refractivity contribution in [2.75, 3.05) is 12.3 Å². The van der Waals surface area contributed by atoms with E-state index in [9.17, 15) is 8.42 Å². The van der Waals surface area contributed by atoms with Crippen LogP contribution in [-0.2, 0) is 16.4 Å². The Kier molecular flexibility index (Phi) is 4.41. The van der Waals surface area contributed by atoms with Gasteiger partial charge in [-0.1, -0.05) is 6.07 Å². The van der Waals surface area contributed by atoms with Crippen LogP contribution in [0.5, 0.6) is 0 Å². The molecule has 1 heterocycles. The van der Waals surface area contributed by atoms with Crippen LogP contribution in [0.15, 0.2) is 35.5 Å². The Labute approximate surface area is 118 Å². The van der Waals surface area contributed by atoms with Gasteiger partial charge >= 0.3 is 0 Å². The quantitative estimate of drug-likeness (QED) is 0.550. The summed E-state index contributed by atoms with van der Waals surface area (Å²) in [7, 11) is -3.55. The second-order valence-electron chi connectivity index (χ2n) is 4.58. The number of H-pyrrole nitrogens is 1. The van der Waals surface area contributed by atoms with Gasteiger partial charge in [-0.3, -0.25) is 0 Å². The maximum atomic E-state index is 12.1. The molecule has 1 aromatic carbocycles. The number of hydrogen-bond acceptors (Lipinski definition) is 4. The number of aryl methyl sites for hydroxylation is 2. The molecule has 6 nitrogen and oxygen atoms in total. The lowest BCUT2D eigenvalue weighted by Crippen LogP contribution is -2.26. The molecule has 0 amide bonds.